The smallest absolute Gasteiger partial charge is 0.256 e. The van der Waals surface area contributed by atoms with Gasteiger partial charge in [0.1, 0.15) is 0 Å². The number of nitrogens with zero attached hydrogens (tertiary/aromatic N) is 3. The molecule has 126 valence electrons. The van der Waals surface area contributed by atoms with E-state index in [1.54, 1.807) is 6.20 Å². The van der Waals surface area contributed by atoms with Crippen molar-refractivity contribution in [2.45, 2.75) is 38.6 Å². The minimum atomic E-state index is 0.129. The molecule has 4 heteroatoms. The third kappa shape index (κ3) is 2.80. The quantitative estimate of drug-likeness (QED) is 0.870. The molecule has 0 bridgehead atoms. The third-order valence-corrected chi connectivity index (χ3v) is 5.27. The predicted octanol–water partition coefficient (Wildman–Crippen LogP) is 3.28. The van der Waals surface area contributed by atoms with Crippen molar-refractivity contribution in [2.24, 2.45) is 0 Å². The number of rotatable bonds is 3. The Labute approximate surface area is 143 Å². The van der Waals surface area contributed by atoms with E-state index in [2.05, 4.69) is 35.9 Å². The fourth-order valence-corrected chi connectivity index (χ4v) is 3.75. The van der Waals surface area contributed by atoms with Gasteiger partial charge in [0.15, 0.2) is 0 Å². The van der Waals surface area contributed by atoms with Crippen molar-refractivity contribution in [1.29, 1.82) is 0 Å². The standard InChI is InChI=1S/C20H25N3O/c1-14(2)19-17-6-4-3-5-16(17)18(13-21-19)20(24)23-11-9-22(10-12-23)15-7-8-15/h3-6,13-15H,7-12H2,1-2H3. The van der Waals surface area contributed by atoms with Crippen LogP contribution in [0, 0.1) is 0 Å². The van der Waals surface area contributed by atoms with Crippen molar-refractivity contribution in [1.82, 2.24) is 14.8 Å². The zero-order valence-corrected chi connectivity index (χ0v) is 14.5. The van der Waals surface area contributed by atoms with E-state index in [-0.39, 0.29) is 5.91 Å². The lowest BCUT2D eigenvalue weighted by Crippen LogP contribution is -2.49. The molecule has 2 fully saturated rings. The van der Waals surface area contributed by atoms with E-state index >= 15 is 0 Å². The molecule has 1 aliphatic heterocycles. The Balaban J connectivity index is 1.61. The second-order valence-electron chi connectivity index (χ2n) is 7.32. The second-order valence-corrected chi connectivity index (χ2v) is 7.32. The average molecular weight is 323 g/mol. The second kappa shape index (κ2) is 6.17. The van der Waals surface area contributed by atoms with Gasteiger partial charge in [-0.3, -0.25) is 14.7 Å². The van der Waals surface area contributed by atoms with Crippen LogP contribution in [0.4, 0.5) is 0 Å². The van der Waals surface area contributed by atoms with Gasteiger partial charge in [-0.25, -0.2) is 0 Å². The van der Waals surface area contributed by atoms with Gasteiger partial charge in [-0.2, -0.15) is 0 Å². The van der Waals surface area contributed by atoms with Crippen molar-refractivity contribution in [2.75, 3.05) is 26.2 Å². The van der Waals surface area contributed by atoms with Crippen LogP contribution in [-0.2, 0) is 0 Å². The Kier molecular flexibility index (Phi) is 4.01. The summed E-state index contributed by atoms with van der Waals surface area (Å²) >= 11 is 0. The van der Waals surface area contributed by atoms with E-state index in [1.165, 1.54) is 12.8 Å². The monoisotopic (exact) mass is 323 g/mol. The molecule has 0 spiro atoms. The SMILES string of the molecule is CC(C)c1ncc(C(=O)N2CCN(C3CC3)CC2)c2ccccc12. The van der Waals surface area contributed by atoms with E-state index in [1.807, 2.05) is 17.0 Å². The number of carbonyl (C=O) groups excluding carboxylic acids is 1. The minimum absolute atomic E-state index is 0.129. The van der Waals surface area contributed by atoms with Gasteiger partial charge in [-0.05, 0) is 24.1 Å². The fourth-order valence-electron chi connectivity index (χ4n) is 3.75. The fraction of sp³-hybridized carbons (Fsp3) is 0.500. The Morgan fingerprint density at radius 1 is 1.08 bits per heavy atom. The Morgan fingerprint density at radius 2 is 1.75 bits per heavy atom. The van der Waals surface area contributed by atoms with Gasteiger partial charge in [0.2, 0.25) is 0 Å². The molecule has 2 aliphatic rings. The van der Waals surface area contributed by atoms with Crippen LogP contribution < -0.4 is 0 Å². The summed E-state index contributed by atoms with van der Waals surface area (Å²) in [5, 5.41) is 2.14. The first-order valence-electron chi connectivity index (χ1n) is 9.06. The van der Waals surface area contributed by atoms with Crippen LogP contribution in [0.2, 0.25) is 0 Å². The van der Waals surface area contributed by atoms with Gasteiger partial charge in [0.05, 0.1) is 11.3 Å². The number of pyridine rings is 1. The first-order valence-corrected chi connectivity index (χ1v) is 9.06. The van der Waals surface area contributed by atoms with E-state index in [0.29, 0.717) is 5.92 Å². The number of aromatic nitrogens is 1. The lowest BCUT2D eigenvalue weighted by atomic mass is 9.98. The van der Waals surface area contributed by atoms with Crippen LogP contribution in [0.25, 0.3) is 10.8 Å². The molecule has 1 saturated carbocycles. The maximum absolute atomic E-state index is 13.1. The molecule has 1 amide bonds. The van der Waals surface area contributed by atoms with Gasteiger partial charge in [0.25, 0.3) is 5.91 Å². The van der Waals surface area contributed by atoms with E-state index < -0.39 is 0 Å². The first kappa shape index (κ1) is 15.6. The van der Waals surface area contributed by atoms with Gasteiger partial charge >= 0.3 is 0 Å². The normalized spacial score (nSPS) is 19.2. The largest absolute Gasteiger partial charge is 0.336 e. The lowest BCUT2D eigenvalue weighted by Gasteiger charge is -2.35. The number of hydrogen-bond acceptors (Lipinski definition) is 3. The highest BCUT2D eigenvalue weighted by atomic mass is 16.2. The summed E-state index contributed by atoms with van der Waals surface area (Å²) in [6.07, 6.45) is 4.45. The summed E-state index contributed by atoms with van der Waals surface area (Å²) in [5.41, 5.74) is 1.82. The van der Waals surface area contributed by atoms with E-state index in [0.717, 1.165) is 54.3 Å². The molecule has 0 unspecified atom stereocenters. The summed E-state index contributed by atoms with van der Waals surface area (Å²) < 4.78 is 0. The summed E-state index contributed by atoms with van der Waals surface area (Å²) in [6.45, 7) is 7.96. The Hall–Kier alpha value is -1.94. The van der Waals surface area contributed by atoms with Crippen LogP contribution in [0.3, 0.4) is 0 Å². The summed E-state index contributed by atoms with van der Waals surface area (Å²) in [4.78, 5) is 22.2. The molecule has 0 radical (unpaired) electrons. The highest BCUT2D eigenvalue weighted by Crippen LogP contribution is 2.29. The number of fused-ring (bicyclic) bond motifs is 1. The third-order valence-electron chi connectivity index (χ3n) is 5.27. The minimum Gasteiger partial charge on any atom is -0.336 e. The molecule has 4 rings (SSSR count). The maximum atomic E-state index is 13.1. The van der Waals surface area contributed by atoms with Gasteiger partial charge in [0, 0.05) is 43.8 Å². The van der Waals surface area contributed by atoms with E-state index in [9.17, 15) is 4.79 Å². The van der Waals surface area contributed by atoms with Crippen molar-refractivity contribution in [3.8, 4) is 0 Å². The number of carbonyl (C=O) groups is 1. The molecule has 2 heterocycles. The molecule has 1 aromatic heterocycles. The Morgan fingerprint density at radius 3 is 2.38 bits per heavy atom. The Bertz CT molecular complexity index is 759. The summed E-state index contributed by atoms with van der Waals surface area (Å²) in [5.74, 6) is 0.477. The number of benzene rings is 1. The maximum Gasteiger partial charge on any atom is 0.256 e. The van der Waals surface area contributed by atoms with Crippen LogP contribution in [-0.4, -0.2) is 52.9 Å². The highest BCUT2D eigenvalue weighted by Gasteiger charge is 2.32. The molecule has 0 atom stereocenters. The van der Waals surface area contributed by atoms with Gasteiger partial charge in [-0.15, -0.1) is 0 Å². The summed E-state index contributed by atoms with van der Waals surface area (Å²) in [7, 11) is 0. The molecule has 1 aromatic carbocycles. The average Bonchev–Trinajstić information content (AvgIpc) is 3.45. The zero-order chi connectivity index (χ0) is 16.7. The first-order chi connectivity index (χ1) is 11.6. The molecule has 1 saturated heterocycles. The molecule has 24 heavy (non-hydrogen) atoms. The molecular weight excluding hydrogens is 298 g/mol. The number of piperazine rings is 1. The van der Waals surface area contributed by atoms with Crippen molar-refractivity contribution >= 4 is 16.7 Å². The van der Waals surface area contributed by atoms with Crippen LogP contribution >= 0.6 is 0 Å². The number of amides is 1. The van der Waals surface area contributed by atoms with Gasteiger partial charge < -0.3 is 4.90 Å². The predicted molar refractivity (Wildman–Crippen MR) is 96.3 cm³/mol. The van der Waals surface area contributed by atoms with Gasteiger partial charge in [-0.1, -0.05) is 38.1 Å². The molecule has 4 nitrogen and oxygen atoms in total. The zero-order valence-electron chi connectivity index (χ0n) is 14.5. The van der Waals surface area contributed by atoms with Crippen molar-refractivity contribution in [3.05, 3.63) is 41.7 Å². The lowest BCUT2D eigenvalue weighted by molar-refractivity contribution is 0.0629. The number of hydrogen-bond donors (Lipinski definition) is 0. The topological polar surface area (TPSA) is 36.4 Å². The van der Waals surface area contributed by atoms with E-state index in [4.69, 9.17) is 0 Å². The molecule has 0 N–H and O–H groups in total. The van der Waals surface area contributed by atoms with Crippen LogP contribution in [0.15, 0.2) is 30.5 Å². The molecular formula is C20H25N3O. The molecule has 2 aromatic rings. The van der Waals surface area contributed by atoms with Crippen LogP contribution in [0.5, 0.6) is 0 Å². The molecule has 1 aliphatic carbocycles. The highest BCUT2D eigenvalue weighted by molar-refractivity contribution is 6.07. The van der Waals surface area contributed by atoms with Crippen molar-refractivity contribution < 1.29 is 4.79 Å². The van der Waals surface area contributed by atoms with Crippen LogP contribution in [0.1, 0.15) is 48.7 Å². The summed E-state index contributed by atoms with van der Waals surface area (Å²) in [6, 6.07) is 8.96. The van der Waals surface area contributed by atoms with Crippen molar-refractivity contribution in [3.63, 3.8) is 0 Å².